The monoisotopic (exact) mass is 270 g/mol. The van der Waals surface area contributed by atoms with Crippen molar-refractivity contribution in [3.63, 3.8) is 0 Å². The van der Waals surface area contributed by atoms with Crippen LogP contribution in [0.1, 0.15) is 32.8 Å². The Labute approximate surface area is 110 Å². The number of sulfonamides is 1. The Hall–Kier alpha value is -1.07. The highest BCUT2D eigenvalue weighted by Crippen LogP contribution is 2.20. The minimum atomic E-state index is -3.44. The van der Waals surface area contributed by atoms with Crippen molar-refractivity contribution in [1.82, 2.24) is 4.72 Å². The van der Waals surface area contributed by atoms with E-state index in [1.54, 1.807) is 25.1 Å². The van der Waals surface area contributed by atoms with Crippen LogP contribution in [0.15, 0.2) is 23.1 Å². The van der Waals surface area contributed by atoms with Crippen LogP contribution < -0.4 is 10.5 Å². The van der Waals surface area contributed by atoms with Gasteiger partial charge in [-0.15, -0.1) is 0 Å². The quantitative estimate of drug-likeness (QED) is 0.825. The summed E-state index contributed by atoms with van der Waals surface area (Å²) < 4.78 is 26.8. The van der Waals surface area contributed by atoms with E-state index in [2.05, 4.69) is 25.5 Å². The van der Waals surface area contributed by atoms with Crippen LogP contribution in [0.3, 0.4) is 0 Å². The number of nitrogens with one attached hydrogen (secondary N) is 1. The van der Waals surface area contributed by atoms with Gasteiger partial charge in [-0.25, -0.2) is 13.1 Å². The second-order valence-corrected chi connectivity index (χ2v) is 7.47. The number of aryl methyl sites for hydroxylation is 1. The zero-order chi connectivity index (χ0) is 14.0. The molecule has 0 saturated carbocycles. The topological polar surface area (TPSA) is 72.2 Å². The van der Waals surface area contributed by atoms with Gasteiger partial charge in [0.25, 0.3) is 0 Å². The molecule has 1 aromatic carbocycles. The van der Waals surface area contributed by atoms with E-state index >= 15 is 0 Å². The fourth-order valence-electron chi connectivity index (χ4n) is 1.61. The molecule has 0 amide bonds. The van der Waals surface area contributed by atoms with E-state index in [0.29, 0.717) is 22.7 Å². The van der Waals surface area contributed by atoms with Gasteiger partial charge in [-0.3, -0.25) is 0 Å². The van der Waals surface area contributed by atoms with E-state index in [9.17, 15) is 8.42 Å². The summed E-state index contributed by atoms with van der Waals surface area (Å²) >= 11 is 0. The largest absolute Gasteiger partial charge is 0.399 e. The number of nitrogens with two attached hydrogens (primary N) is 1. The second kappa shape index (κ2) is 5.28. The minimum absolute atomic E-state index is 0.110. The first-order valence-corrected chi connectivity index (χ1v) is 7.46. The average Bonchev–Trinajstić information content (AvgIpc) is 2.13. The maximum absolute atomic E-state index is 12.1. The van der Waals surface area contributed by atoms with Crippen LogP contribution in [0.2, 0.25) is 0 Å². The highest BCUT2D eigenvalue weighted by molar-refractivity contribution is 7.89. The van der Waals surface area contributed by atoms with Crippen LogP contribution in [0.5, 0.6) is 0 Å². The molecule has 0 fully saturated rings. The molecular weight excluding hydrogens is 248 g/mol. The van der Waals surface area contributed by atoms with Gasteiger partial charge in [0.2, 0.25) is 10.0 Å². The van der Waals surface area contributed by atoms with E-state index < -0.39 is 10.0 Å². The lowest BCUT2D eigenvalue weighted by Gasteiger charge is -2.18. The van der Waals surface area contributed by atoms with Crippen molar-refractivity contribution in [2.75, 3.05) is 12.3 Å². The Kier molecular flexibility index (Phi) is 4.40. The summed E-state index contributed by atoms with van der Waals surface area (Å²) in [6.07, 6.45) is 0.792. The molecule has 0 radical (unpaired) electrons. The number of hydrogen-bond acceptors (Lipinski definition) is 3. The number of rotatable bonds is 4. The van der Waals surface area contributed by atoms with Crippen molar-refractivity contribution >= 4 is 15.7 Å². The number of benzene rings is 1. The molecule has 1 aromatic rings. The zero-order valence-electron chi connectivity index (χ0n) is 11.4. The molecule has 0 aliphatic heterocycles. The molecule has 0 bridgehead atoms. The molecule has 3 N–H and O–H groups in total. The van der Waals surface area contributed by atoms with Gasteiger partial charge in [0.1, 0.15) is 0 Å². The first-order chi connectivity index (χ1) is 8.12. The molecule has 18 heavy (non-hydrogen) atoms. The van der Waals surface area contributed by atoms with Gasteiger partial charge >= 0.3 is 0 Å². The van der Waals surface area contributed by atoms with Crippen molar-refractivity contribution < 1.29 is 8.42 Å². The number of anilines is 1. The lowest BCUT2D eigenvalue weighted by Crippen LogP contribution is -2.28. The fraction of sp³-hybridized carbons (Fsp3) is 0.538. The Bertz CT molecular complexity index is 516. The third-order valence-corrected chi connectivity index (χ3v) is 4.28. The molecule has 4 nitrogen and oxygen atoms in total. The number of nitrogen functional groups attached to an aromatic ring is 1. The normalized spacial score (nSPS) is 12.7. The highest BCUT2D eigenvalue weighted by atomic mass is 32.2. The lowest BCUT2D eigenvalue weighted by atomic mass is 9.93. The van der Waals surface area contributed by atoms with E-state index in [-0.39, 0.29) is 5.41 Å². The SMILES string of the molecule is Cc1cc(N)ccc1S(=O)(=O)NCCC(C)(C)C. The molecule has 0 atom stereocenters. The van der Waals surface area contributed by atoms with Gasteiger partial charge in [0.15, 0.2) is 0 Å². The van der Waals surface area contributed by atoms with E-state index in [1.807, 2.05) is 0 Å². The van der Waals surface area contributed by atoms with Gasteiger partial charge < -0.3 is 5.73 Å². The third kappa shape index (κ3) is 4.31. The van der Waals surface area contributed by atoms with Crippen LogP contribution in [0.4, 0.5) is 5.69 Å². The van der Waals surface area contributed by atoms with E-state index in [1.165, 1.54) is 0 Å². The number of hydrogen-bond donors (Lipinski definition) is 2. The van der Waals surface area contributed by atoms with Gasteiger partial charge in [-0.2, -0.15) is 0 Å². The maximum Gasteiger partial charge on any atom is 0.240 e. The van der Waals surface area contributed by atoms with Crippen LogP contribution >= 0.6 is 0 Å². The molecule has 0 aliphatic rings. The Morgan fingerprint density at radius 3 is 2.39 bits per heavy atom. The highest BCUT2D eigenvalue weighted by Gasteiger charge is 2.18. The molecular formula is C13H22N2O2S. The first kappa shape index (κ1) is 15.0. The Balaban J connectivity index is 2.81. The van der Waals surface area contributed by atoms with E-state index in [4.69, 9.17) is 5.73 Å². The first-order valence-electron chi connectivity index (χ1n) is 5.98. The van der Waals surface area contributed by atoms with Crippen LogP contribution in [-0.4, -0.2) is 15.0 Å². The minimum Gasteiger partial charge on any atom is -0.399 e. The molecule has 5 heteroatoms. The summed E-state index contributed by atoms with van der Waals surface area (Å²) in [6, 6.07) is 4.81. The standard InChI is InChI=1S/C13H22N2O2S/c1-10-9-11(14)5-6-12(10)18(16,17)15-8-7-13(2,3)4/h5-6,9,15H,7-8,14H2,1-4H3. The van der Waals surface area contributed by atoms with Crippen LogP contribution in [0, 0.1) is 12.3 Å². The van der Waals surface area contributed by atoms with Crippen LogP contribution in [0.25, 0.3) is 0 Å². The van der Waals surface area contributed by atoms with Gasteiger partial charge in [0.05, 0.1) is 4.90 Å². The summed E-state index contributed by atoms with van der Waals surface area (Å²) in [5.41, 5.74) is 6.96. The molecule has 0 unspecified atom stereocenters. The van der Waals surface area contributed by atoms with Crippen molar-refractivity contribution in [3.05, 3.63) is 23.8 Å². The van der Waals surface area contributed by atoms with Gasteiger partial charge in [-0.05, 0) is 42.5 Å². The maximum atomic E-state index is 12.1. The molecule has 0 saturated heterocycles. The molecule has 0 aromatic heterocycles. The summed E-state index contributed by atoms with van der Waals surface area (Å²) in [7, 11) is -3.44. The summed E-state index contributed by atoms with van der Waals surface area (Å²) in [4.78, 5) is 0.297. The third-order valence-electron chi connectivity index (χ3n) is 2.66. The molecule has 0 spiro atoms. The predicted molar refractivity (Wildman–Crippen MR) is 74.9 cm³/mol. The van der Waals surface area contributed by atoms with E-state index in [0.717, 1.165) is 6.42 Å². The van der Waals surface area contributed by atoms with Crippen molar-refractivity contribution in [2.45, 2.75) is 39.0 Å². The summed E-state index contributed by atoms with van der Waals surface area (Å²) in [5.74, 6) is 0. The fourth-order valence-corrected chi connectivity index (χ4v) is 2.87. The lowest BCUT2D eigenvalue weighted by molar-refractivity contribution is 0.378. The molecule has 1 rings (SSSR count). The average molecular weight is 270 g/mol. The summed E-state index contributed by atoms with van der Waals surface area (Å²) in [6.45, 7) is 8.42. The Morgan fingerprint density at radius 1 is 1.28 bits per heavy atom. The predicted octanol–water partition coefficient (Wildman–Crippen LogP) is 2.29. The second-order valence-electron chi connectivity index (χ2n) is 5.73. The van der Waals surface area contributed by atoms with Crippen molar-refractivity contribution in [3.8, 4) is 0 Å². The zero-order valence-corrected chi connectivity index (χ0v) is 12.3. The summed E-state index contributed by atoms with van der Waals surface area (Å²) in [5, 5.41) is 0. The van der Waals surface area contributed by atoms with Crippen molar-refractivity contribution in [2.24, 2.45) is 5.41 Å². The van der Waals surface area contributed by atoms with Crippen LogP contribution in [-0.2, 0) is 10.0 Å². The van der Waals surface area contributed by atoms with Crippen molar-refractivity contribution in [1.29, 1.82) is 0 Å². The Morgan fingerprint density at radius 2 is 1.89 bits per heavy atom. The van der Waals surface area contributed by atoms with Gasteiger partial charge in [0, 0.05) is 12.2 Å². The molecule has 102 valence electrons. The smallest absolute Gasteiger partial charge is 0.240 e. The molecule has 0 heterocycles. The molecule has 0 aliphatic carbocycles. The van der Waals surface area contributed by atoms with Gasteiger partial charge in [-0.1, -0.05) is 20.8 Å².